The van der Waals surface area contributed by atoms with E-state index in [0.29, 0.717) is 6.61 Å². The third kappa shape index (κ3) is 1.68. The van der Waals surface area contributed by atoms with Crippen LogP contribution in [0.4, 0.5) is 0 Å². The molecule has 0 aromatic carbocycles. The molecule has 0 radical (unpaired) electrons. The molecule has 0 aromatic heterocycles. The highest BCUT2D eigenvalue weighted by molar-refractivity contribution is 4.79. The fraction of sp³-hybridized carbons (Fsp3) is 1.00. The molecule has 1 saturated heterocycles. The van der Waals surface area contributed by atoms with Crippen LogP contribution in [0.1, 0.15) is 26.7 Å². The molecule has 1 N–H and O–H groups in total. The molecule has 60 valence electrons. The molecule has 0 saturated carbocycles. The van der Waals surface area contributed by atoms with E-state index in [9.17, 15) is 5.11 Å². The van der Waals surface area contributed by atoms with Gasteiger partial charge in [0.15, 0.2) is 0 Å². The summed E-state index contributed by atoms with van der Waals surface area (Å²) in [6.07, 6.45) is 1.90. The lowest BCUT2D eigenvalue weighted by molar-refractivity contribution is -0.193. The zero-order valence-corrected chi connectivity index (χ0v) is 6.46. The third-order valence-corrected chi connectivity index (χ3v) is 1.61. The van der Waals surface area contributed by atoms with Crippen molar-refractivity contribution in [1.29, 1.82) is 0 Å². The average Bonchev–Trinajstić information content (AvgIpc) is 2.42. The molecule has 0 aliphatic carbocycles. The van der Waals surface area contributed by atoms with Gasteiger partial charge in [-0.25, -0.2) is 0 Å². The van der Waals surface area contributed by atoms with E-state index in [1.807, 2.05) is 0 Å². The molecule has 0 amide bonds. The molecular weight excluding hydrogens is 132 g/mol. The molecular formula is C7H14O3. The SMILES string of the molecule is CCCCOC1(O)OC1C. The monoisotopic (exact) mass is 146 g/mol. The van der Waals surface area contributed by atoms with Crippen LogP contribution in [-0.2, 0) is 9.47 Å². The number of hydrogen-bond acceptors (Lipinski definition) is 3. The Balaban J connectivity index is 2.03. The third-order valence-electron chi connectivity index (χ3n) is 1.61. The summed E-state index contributed by atoms with van der Waals surface area (Å²) in [6, 6.07) is 0. The second-order valence-electron chi connectivity index (χ2n) is 2.59. The van der Waals surface area contributed by atoms with Gasteiger partial charge in [-0.3, -0.25) is 0 Å². The summed E-state index contributed by atoms with van der Waals surface area (Å²) in [5, 5.41) is 9.18. The lowest BCUT2D eigenvalue weighted by Crippen LogP contribution is -2.18. The Morgan fingerprint density at radius 1 is 1.70 bits per heavy atom. The van der Waals surface area contributed by atoms with Gasteiger partial charge in [0, 0.05) is 0 Å². The summed E-state index contributed by atoms with van der Waals surface area (Å²) < 4.78 is 9.81. The number of epoxide rings is 1. The lowest BCUT2D eigenvalue weighted by Gasteiger charge is -2.04. The highest BCUT2D eigenvalue weighted by Gasteiger charge is 2.54. The summed E-state index contributed by atoms with van der Waals surface area (Å²) in [5.74, 6) is -1.24. The Bertz CT molecular complexity index is 115. The summed E-state index contributed by atoms with van der Waals surface area (Å²) in [7, 11) is 0. The first kappa shape index (κ1) is 7.98. The van der Waals surface area contributed by atoms with E-state index in [2.05, 4.69) is 6.92 Å². The van der Waals surface area contributed by atoms with Gasteiger partial charge in [-0.2, -0.15) is 0 Å². The molecule has 1 aliphatic heterocycles. The van der Waals surface area contributed by atoms with Gasteiger partial charge >= 0.3 is 5.97 Å². The first-order valence-electron chi connectivity index (χ1n) is 3.73. The van der Waals surface area contributed by atoms with Crippen LogP contribution in [0.25, 0.3) is 0 Å². The smallest absolute Gasteiger partial charge is 0.308 e. The molecule has 2 atom stereocenters. The first-order chi connectivity index (χ1) is 4.69. The van der Waals surface area contributed by atoms with Crippen LogP contribution in [0, 0.1) is 0 Å². The average molecular weight is 146 g/mol. The lowest BCUT2D eigenvalue weighted by atomic mass is 10.4. The maximum absolute atomic E-state index is 9.18. The van der Waals surface area contributed by atoms with Crippen LogP contribution in [0.15, 0.2) is 0 Å². The zero-order valence-electron chi connectivity index (χ0n) is 6.46. The Morgan fingerprint density at radius 2 is 2.30 bits per heavy atom. The number of aliphatic hydroxyl groups is 1. The molecule has 1 aliphatic rings. The van der Waals surface area contributed by atoms with Gasteiger partial charge in [0.2, 0.25) is 0 Å². The van der Waals surface area contributed by atoms with Crippen LogP contribution < -0.4 is 0 Å². The minimum atomic E-state index is -1.24. The minimum Gasteiger partial charge on any atom is -0.341 e. The van der Waals surface area contributed by atoms with Gasteiger partial charge in [-0.15, -0.1) is 0 Å². The van der Waals surface area contributed by atoms with E-state index >= 15 is 0 Å². The standard InChI is InChI=1S/C7H14O3/c1-3-4-5-9-7(8)6(2)10-7/h6,8H,3-5H2,1-2H3. The molecule has 0 bridgehead atoms. The normalized spacial score (nSPS) is 38.1. The maximum Gasteiger partial charge on any atom is 0.308 e. The summed E-state index contributed by atoms with van der Waals surface area (Å²) in [5.41, 5.74) is 0. The van der Waals surface area contributed by atoms with Crippen molar-refractivity contribution in [3.05, 3.63) is 0 Å². The van der Waals surface area contributed by atoms with Gasteiger partial charge in [-0.1, -0.05) is 13.3 Å². The number of ether oxygens (including phenoxy) is 2. The summed E-state index contributed by atoms with van der Waals surface area (Å²) >= 11 is 0. The minimum absolute atomic E-state index is 0.149. The van der Waals surface area contributed by atoms with Crippen molar-refractivity contribution in [3.63, 3.8) is 0 Å². The van der Waals surface area contributed by atoms with E-state index in [4.69, 9.17) is 9.47 Å². The van der Waals surface area contributed by atoms with Crippen LogP contribution in [0.2, 0.25) is 0 Å². The first-order valence-corrected chi connectivity index (χ1v) is 3.73. The Kier molecular flexibility index (Phi) is 2.28. The molecule has 3 heteroatoms. The van der Waals surface area contributed by atoms with Crippen LogP contribution in [0.3, 0.4) is 0 Å². The quantitative estimate of drug-likeness (QED) is 0.363. The van der Waals surface area contributed by atoms with Crippen molar-refractivity contribution < 1.29 is 14.6 Å². The highest BCUT2D eigenvalue weighted by atomic mass is 16.9. The van der Waals surface area contributed by atoms with E-state index < -0.39 is 5.97 Å². The highest BCUT2D eigenvalue weighted by Crippen LogP contribution is 2.34. The van der Waals surface area contributed by atoms with Crippen molar-refractivity contribution in [1.82, 2.24) is 0 Å². The van der Waals surface area contributed by atoms with Crippen LogP contribution >= 0.6 is 0 Å². The van der Waals surface area contributed by atoms with Crippen LogP contribution in [-0.4, -0.2) is 23.8 Å². The van der Waals surface area contributed by atoms with Gasteiger partial charge < -0.3 is 14.6 Å². The Morgan fingerprint density at radius 3 is 2.70 bits per heavy atom. The number of hydrogen-bond donors (Lipinski definition) is 1. The largest absolute Gasteiger partial charge is 0.341 e. The zero-order chi connectivity index (χ0) is 7.61. The van der Waals surface area contributed by atoms with Crippen molar-refractivity contribution in [2.24, 2.45) is 0 Å². The second kappa shape index (κ2) is 2.86. The molecule has 1 fully saturated rings. The molecule has 3 nitrogen and oxygen atoms in total. The fourth-order valence-electron chi connectivity index (χ4n) is 0.733. The predicted molar refractivity (Wildman–Crippen MR) is 36.4 cm³/mol. The molecule has 1 rings (SSSR count). The van der Waals surface area contributed by atoms with E-state index in [-0.39, 0.29) is 6.10 Å². The predicted octanol–water partition coefficient (Wildman–Crippen LogP) is 0.868. The molecule has 10 heavy (non-hydrogen) atoms. The fourth-order valence-corrected chi connectivity index (χ4v) is 0.733. The number of unbranched alkanes of at least 4 members (excludes halogenated alkanes) is 1. The number of rotatable bonds is 4. The molecule has 0 aromatic rings. The van der Waals surface area contributed by atoms with Crippen molar-refractivity contribution in [2.45, 2.75) is 38.8 Å². The molecule has 1 heterocycles. The Labute approximate surface area is 60.9 Å². The van der Waals surface area contributed by atoms with Gasteiger partial charge in [0.1, 0.15) is 6.10 Å². The second-order valence-corrected chi connectivity index (χ2v) is 2.59. The molecule has 0 spiro atoms. The maximum atomic E-state index is 9.18. The van der Waals surface area contributed by atoms with Gasteiger partial charge in [0.25, 0.3) is 0 Å². The summed E-state index contributed by atoms with van der Waals surface area (Å²) in [4.78, 5) is 0. The Hall–Kier alpha value is -0.120. The molecule has 2 unspecified atom stereocenters. The van der Waals surface area contributed by atoms with E-state index in [0.717, 1.165) is 12.8 Å². The van der Waals surface area contributed by atoms with Gasteiger partial charge in [-0.05, 0) is 13.3 Å². The van der Waals surface area contributed by atoms with Gasteiger partial charge in [0.05, 0.1) is 6.61 Å². The van der Waals surface area contributed by atoms with Crippen molar-refractivity contribution in [2.75, 3.05) is 6.61 Å². The summed E-state index contributed by atoms with van der Waals surface area (Å²) in [6.45, 7) is 4.44. The topological polar surface area (TPSA) is 42.0 Å². The van der Waals surface area contributed by atoms with E-state index in [1.54, 1.807) is 6.92 Å². The van der Waals surface area contributed by atoms with Crippen molar-refractivity contribution in [3.8, 4) is 0 Å². The van der Waals surface area contributed by atoms with Crippen molar-refractivity contribution >= 4 is 0 Å². The van der Waals surface area contributed by atoms with E-state index in [1.165, 1.54) is 0 Å². The van der Waals surface area contributed by atoms with Crippen LogP contribution in [0.5, 0.6) is 0 Å².